The van der Waals surface area contributed by atoms with Crippen LogP contribution in [0.3, 0.4) is 0 Å². The van der Waals surface area contributed by atoms with E-state index < -0.39 is 5.82 Å². The topological polar surface area (TPSA) is 88.0 Å². The van der Waals surface area contributed by atoms with Crippen LogP contribution in [0.15, 0.2) is 60.9 Å². The number of carbonyl (C=O) groups is 1. The first-order valence-electron chi connectivity index (χ1n) is 9.10. The number of halogens is 2. The highest BCUT2D eigenvalue weighted by Gasteiger charge is 2.18. The average molecular weight is 404 g/mol. The first-order chi connectivity index (χ1) is 14.6. The summed E-state index contributed by atoms with van der Waals surface area (Å²) >= 11 is 0. The summed E-state index contributed by atoms with van der Waals surface area (Å²) in [6.07, 6.45) is 3.35. The summed E-state index contributed by atoms with van der Waals surface area (Å²) < 4.78 is 29.5. The molecule has 1 aromatic carbocycles. The number of aromatic amines is 1. The van der Waals surface area contributed by atoms with Gasteiger partial charge in [0.1, 0.15) is 11.5 Å². The molecule has 0 spiro atoms. The molecule has 0 saturated carbocycles. The molecule has 4 heterocycles. The van der Waals surface area contributed by atoms with E-state index in [9.17, 15) is 13.6 Å². The van der Waals surface area contributed by atoms with Gasteiger partial charge in [-0.15, -0.1) is 0 Å². The number of anilines is 1. The normalized spacial score (nSPS) is 11.3. The molecule has 0 radical (unpaired) electrons. The third-order valence-corrected chi connectivity index (χ3v) is 4.72. The van der Waals surface area contributed by atoms with Crippen LogP contribution in [0.2, 0.25) is 0 Å². The van der Waals surface area contributed by atoms with Gasteiger partial charge in [-0.3, -0.25) is 9.89 Å². The SMILES string of the molecule is O=C(Cc1ccc(F)cc1)Nc1n[nH]c2nc(-c3cnn4ccccc34)c(F)cc12. The van der Waals surface area contributed by atoms with Crippen molar-refractivity contribution in [1.82, 2.24) is 24.8 Å². The fraction of sp³-hybridized carbons (Fsp3) is 0.0476. The van der Waals surface area contributed by atoms with Crippen molar-refractivity contribution < 1.29 is 13.6 Å². The third kappa shape index (κ3) is 3.16. The number of aromatic nitrogens is 5. The summed E-state index contributed by atoms with van der Waals surface area (Å²) in [7, 11) is 0. The van der Waals surface area contributed by atoms with Gasteiger partial charge < -0.3 is 5.32 Å². The molecule has 0 aliphatic heterocycles. The molecular formula is C21H14F2N6O. The van der Waals surface area contributed by atoms with Crippen LogP contribution in [0.5, 0.6) is 0 Å². The Bertz CT molecular complexity index is 1390. The molecule has 1 amide bonds. The van der Waals surface area contributed by atoms with Crippen LogP contribution in [0, 0.1) is 11.6 Å². The number of fused-ring (bicyclic) bond motifs is 2. The van der Waals surface area contributed by atoms with Crippen LogP contribution < -0.4 is 5.32 Å². The van der Waals surface area contributed by atoms with Crippen molar-refractivity contribution in [2.75, 3.05) is 5.32 Å². The Labute approximate surface area is 168 Å². The lowest BCUT2D eigenvalue weighted by molar-refractivity contribution is -0.115. The van der Waals surface area contributed by atoms with Crippen molar-refractivity contribution >= 4 is 28.3 Å². The van der Waals surface area contributed by atoms with Crippen LogP contribution >= 0.6 is 0 Å². The van der Waals surface area contributed by atoms with E-state index in [0.29, 0.717) is 22.2 Å². The molecule has 0 unspecified atom stereocenters. The fourth-order valence-electron chi connectivity index (χ4n) is 3.29. The van der Waals surface area contributed by atoms with Crippen LogP contribution in [0.4, 0.5) is 14.6 Å². The number of carbonyl (C=O) groups excluding carboxylic acids is 1. The Morgan fingerprint density at radius 3 is 2.80 bits per heavy atom. The molecular weight excluding hydrogens is 390 g/mol. The predicted octanol–water partition coefficient (Wildman–Crippen LogP) is 3.73. The second-order valence-corrected chi connectivity index (χ2v) is 6.73. The highest BCUT2D eigenvalue weighted by atomic mass is 19.1. The number of pyridine rings is 2. The van der Waals surface area contributed by atoms with E-state index in [2.05, 4.69) is 25.6 Å². The zero-order valence-corrected chi connectivity index (χ0v) is 15.4. The van der Waals surface area contributed by atoms with Crippen molar-refractivity contribution in [3.63, 3.8) is 0 Å². The van der Waals surface area contributed by atoms with Gasteiger partial charge in [0.15, 0.2) is 17.3 Å². The minimum atomic E-state index is -0.559. The van der Waals surface area contributed by atoms with Gasteiger partial charge in [0.2, 0.25) is 5.91 Å². The molecule has 9 heteroatoms. The number of hydrogen-bond acceptors (Lipinski definition) is 4. The summed E-state index contributed by atoms with van der Waals surface area (Å²) in [5.41, 5.74) is 2.38. The molecule has 30 heavy (non-hydrogen) atoms. The Balaban J connectivity index is 1.45. The second-order valence-electron chi connectivity index (χ2n) is 6.73. The standard InChI is InChI=1S/C21H14F2N6O/c22-13-6-4-12(5-7-13)9-18(30)25-20-14-10-16(23)19(26-21(14)28-27-20)15-11-24-29-8-2-1-3-17(15)29/h1-8,10-11H,9H2,(H2,25,26,27,28,30). The molecule has 0 atom stereocenters. The number of hydrogen-bond donors (Lipinski definition) is 2. The number of rotatable bonds is 4. The summed E-state index contributed by atoms with van der Waals surface area (Å²) in [5.74, 6) is -1.12. The van der Waals surface area contributed by atoms with E-state index in [1.54, 1.807) is 16.9 Å². The minimum Gasteiger partial charge on any atom is -0.308 e. The van der Waals surface area contributed by atoms with Gasteiger partial charge >= 0.3 is 0 Å². The van der Waals surface area contributed by atoms with Crippen LogP contribution in [0.1, 0.15) is 5.56 Å². The maximum atomic E-state index is 14.9. The van der Waals surface area contributed by atoms with Gasteiger partial charge in [-0.25, -0.2) is 18.3 Å². The number of nitrogens with one attached hydrogen (secondary N) is 2. The molecule has 0 saturated heterocycles. The average Bonchev–Trinajstić information content (AvgIpc) is 3.33. The zero-order valence-electron chi connectivity index (χ0n) is 15.4. The maximum Gasteiger partial charge on any atom is 0.230 e. The van der Waals surface area contributed by atoms with Crippen molar-refractivity contribution in [2.24, 2.45) is 0 Å². The van der Waals surface area contributed by atoms with Gasteiger partial charge in [-0.2, -0.15) is 10.2 Å². The third-order valence-electron chi connectivity index (χ3n) is 4.72. The number of amides is 1. The smallest absolute Gasteiger partial charge is 0.230 e. The van der Waals surface area contributed by atoms with E-state index in [1.165, 1.54) is 30.3 Å². The van der Waals surface area contributed by atoms with E-state index in [4.69, 9.17) is 0 Å². The predicted molar refractivity (Wildman–Crippen MR) is 107 cm³/mol. The summed E-state index contributed by atoms with van der Waals surface area (Å²) in [4.78, 5) is 16.7. The Morgan fingerprint density at radius 2 is 1.97 bits per heavy atom. The molecule has 0 aliphatic rings. The van der Waals surface area contributed by atoms with Crippen LogP contribution in [-0.2, 0) is 11.2 Å². The molecule has 7 nitrogen and oxygen atoms in total. The molecule has 2 N–H and O–H groups in total. The summed E-state index contributed by atoms with van der Waals surface area (Å²) in [5, 5.41) is 14.0. The van der Waals surface area contributed by atoms with Crippen molar-refractivity contribution in [1.29, 1.82) is 0 Å². The second kappa shape index (κ2) is 7.03. The molecule has 0 fully saturated rings. The Hall–Kier alpha value is -4.14. The molecule has 4 aromatic heterocycles. The lowest BCUT2D eigenvalue weighted by atomic mass is 10.1. The highest BCUT2D eigenvalue weighted by molar-refractivity contribution is 6.00. The van der Waals surface area contributed by atoms with Gasteiger partial charge in [0, 0.05) is 11.8 Å². The van der Waals surface area contributed by atoms with Crippen LogP contribution in [0.25, 0.3) is 27.8 Å². The van der Waals surface area contributed by atoms with Crippen molar-refractivity contribution in [3.8, 4) is 11.3 Å². The number of nitrogens with zero attached hydrogens (tertiary/aromatic N) is 4. The van der Waals surface area contributed by atoms with Gasteiger partial charge in [-0.1, -0.05) is 18.2 Å². The minimum absolute atomic E-state index is 0.0328. The lowest BCUT2D eigenvalue weighted by Gasteiger charge is -2.04. The van der Waals surface area contributed by atoms with Gasteiger partial charge in [-0.05, 0) is 35.9 Å². The summed E-state index contributed by atoms with van der Waals surface area (Å²) in [6.45, 7) is 0. The Morgan fingerprint density at radius 1 is 1.13 bits per heavy atom. The van der Waals surface area contributed by atoms with Gasteiger partial charge in [0.05, 0.1) is 23.5 Å². The zero-order chi connectivity index (χ0) is 20.7. The lowest BCUT2D eigenvalue weighted by Crippen LogP contribution is -2.14. The van der Waals surface area contributed by atoms with E-state index in [1.807, 2.05) is 18.2 Å². The van der Waals surface area contributed by atoms with Crippen LogP contribution in [-0.4, -0.2) is 30.7 Å². The summed E-state index contributed by atoms with van der Waals surface area (Å²) in [6, 6.07) is 12.4. The number of H-pyrrole nitrogens is 1. The van der Waals surface area contributed by atoms with E-state index >= 15 is 0 Å². The monoisotopic (exact) mass is 404 g/mol. The van der Waals surface area contributed by atoms with E-state index in [0.717, 1.165) is 5.52 Å². The molecule has 148 valence electrons. The molecule has 0 aliphatic carbocycles. The molecule has 5 aromatic rings. The fourth-order valence-corrected chi connectivity index (χ4v) is 3.29. The van der Waals surface area contributed by atoms with Crippen molar-refractivity contribution in [3.05, 3.63) is 78.1 Å². The number of benzene rings is 1. The van der Waals surface area contributed by atoms with E-state index in [-0.39, 0.29) is 29.7 Å². The molecule has 0 bridgehead atoms. The first-order valence-corrected chi connectivity index (χ1v) is 9.10. The van der Waals surface area contributed by atoms with Gasteiger partial charge in [0.25, 0.3) is 0 Å². The highest BCUT2D eigenvalue weighted by Crippen LogP contribution is 2.29. The first kappa shape index (κ1) is 17.9. The molecule has 5 rings (SSSR count). The quantitative estimate of drug-likeness (QED) is 0.478. The Kier molecular flexibility index (Phi) is 4.20. The maximum absolute atomic E-state index is 14.9. The largest absolute Gasteiger partial charge is 0.308 e. The van der Waals surface area contributed by atoms with Crippen molar-refractivity contribution in [2.45, 2.75) is 6.42 Å².